The molecule has 5 heteroatoms. The number of carbonyl (C=O) groups is 1. The fourth-order valence-electron chi connectivity index (χ4n) is 1.81. The molecule has 0 N–H and O–H groups in total. The lowest BCUT2D eigenvalue weighted by atomic mass is 10.0. The molecule has 0 aliphatic heterocycles. The van der Waals surface area contributed by atoms with Gasteiger partial charge < -0.3 is 4.74 Å². The minimum Gasteiger partial charge on any atom is -0.465 e. The van der Waals surface area contributed by atoms with Crippen LogP contribution in [0, 0.1) is 0 Å². The monoisotopic (exact) mass is 293 g/mol. The lowest BCUT2D eigenvalue weighted by Crippen LogP contribution is -2.09. The van der Waals surface area contributed by atoms with Crippen LogP contribution in [0.15, 0.2) is 36.7 Å². The van der Waals surface area contributed by atoms with E-state index >= 15 is 0 Å². The highest BCUT2D eigenvalue weighted by Gasteiger charge is 2.12. The average molecular weight is 294 g/mol. The zero-order chi connectivity index (χ0) is 13.8. The van der Waals surface area contributed by atoms with Gasteiger partial charge in [-0.15, -0.1) is 9.24 Å². The van der Waals surface area contributed by atoms with Crippen molar-refractivity contribution in [3.63, 3.8) is 0 Å². The molecule has 1 unspecified atom stereocenters. The second kappa shape index (κ2) is 6.14. The molecular weight excluding hydrogens is 281 g/mol. The lowest BCUT2D eigenvalue weighted by molar-refractivity contribution is 0.0599. The maximum absolute atomic E-state index is 11.7. The molecule has 0 spiro atoms. The third-order valence-electron chi connectivity index (χ3n) is 2.79. The number of halogens is 1. The molecule has 0 fully saturated rings. The quantitative estimate of drug-likeness (QED) is 0.645. The maximum atomic E-state index is 11.7. The zero-order valence-electron chi connectivity index (χ0n) is 10.4. The summed E-state index contributed by atoms with van der Waals surface area (Å²) < 4.78 is 4.77. The van der Waals surface area contributed by atoms with E-state index in [4.69, 9.17) is 16.3 Å². The molecule has 1 atom stereocenters. The summed E-state index contributed by atoms with van der Waals surface area (Å²) in [6.45, 7) is 0. The molecule has 2 aromatic rings. The molecule has 3 nitrogen and oxygen atoms in total. The number of rotatable bonds is 3. The summed E-state index contributed by atoms with van der Waals surface area (Å²) in [5, 5.41) is 1.72. The van der Waals surface area contributed by atoms with Crippen LogP contribution in [0.1, 0.15) is 21.5 Å². The number of hydrogen-bond acceptors (Lipinski definition) is 3. The van der Waals surface area contributed by atoms with Gasteiger partial charge in [0.1, 0.15) is 0 Å². The third-order valence-corrected chi connectivity index (χ3v) is 3.59. The second-order valence-corrected chi connectivity index (χ2v) is 5.10. The largest absolute Gasteiger partial charge is 0.465 e. The minimum atomic E-state index is -0.357. The van der Waals surface area contributed by atoms with Gasteiger partial charge in [-0.1, -0.05) is 17.7 Å². The standard InChI is InChI=1S/C14H13ClNO2P/c1-18-14(17)12-4-5-16-8-10(12)6-9-7-11(15)2-3-13(9)19/h2-5,7-8H,6,19H2,1H3. The summed E-state index contributed by atoms with van der Waals surface area (Å²) >= 11 is 6.00. The molecule has 0 bridgehead atoms. The van der Waals surface area contributed by atoms with Gasteiger partial charge in [-0.25, -0.2) is 4.79 Å². The Morgan fingerprint density at radius 1 is 1.37 bits per heavy atom. The summed E-state index contributed by atoms with van der Waals surface area (Å²) in [5.74, 6) is -0.357. The van der Waals surface area contributed by atoms with Crippen molar-refractivity contribution in [1.82, 2.24) is 4.98 Å². The zero-order valence-corrected chi connectivity index (χ0v) is 12.3. The summed E-state index contributed by atoms with van der Waals surface area (Å²) in [5.41, 5.74) is 2.39. The van der Waals surface area contributed by atoms with Crippen LogP contribution in [0.25, 0.3) is 0 Å². The number of hydrogen-bond donors (Lipinski definition) is 0. The van der Waals surface area contributed by atoms with Gasteiger partial charge in [-0.3, -0.25) is 4.98 Å². The fraction of sp³-hybridized carbons (Fsp3) is 0.143. The molecule has 19 heavy (non-hydrogen) atoms. The van der Waals surface area contributed by atoms with Gasteiger partial charge in [0.05, 0.1) is 12.7 Å². The van der Waals surface area contributed by atoms with E-state index in [2.05, 4.69) is 14.2 Å². The number of carbonyl (C=O) groups excluding carboxylic acids is 1. The molecule has 98 valence electrons. The number of ether oxygens (including phenoxy) is 1. The Morgan fingerprint density at radius 3 is 2.89 bits per heavy atom. The first-order valence-corrected chi connectivity index (χ1v) is 6.62. The maximum Gasteiger partial charge on any atom is 0.338 e. The van der Waals surface area contributed by atoms with Crippen molar-refractivity contribution >= 4 is 32.1 Å². The van der Waals surface area contributed by atoms with Crippen molar-refractivity contribution in [2.75, 3.05) is 7.11 Å². The van der Waals surface area contributed by atoms with Crippen molar-refractivity contribution in [1.29, 1.82) is 0 Å². The Bertz CT molecular complexity index is 616. The van der Waals surface area contributed by atoms with E-state index in [9.17, 15) is 4.79 Å². The lowest BCUT2D eigenvalue weighted by Gasteiger charge is -2.09. The SMILES string of the molecule is COC(=O)c1ccncc1Cc1cc(Cl)ccc1P. The molecular formula is C14H13ClNO2P. The first-order chi connectivity index (χ1) is 9.11. The number of esters is 1. The van der Waals surface area contributed by atoms with Crippen molar-refractivity contribution in [2.45, 2.75) is 6.42 Å². The number of methoxy groups -OCH3 is 1. The van der Waals surface area contributed by atoms with Gasteiger partial charge in [0.2, 0.25) is 0 Å². The van der Waals surface area contributed by atoms with E-state index in [0.717, 1.165) is 16.4 Å². The molecule has 0 aliphatic carbocycles. The van der Waals surface area contributed by atoms with Crippen LogP contribution in [0.5, 0.6) is 0 Å². The van der Waals surface area contributed by atoms with Crippen LogP contribution >= 0.6 is 20.8 Å². The van der Waals surface area contributed by atoms with Crippen molar-refractivity contribution in [3.8, 4) is 0 Å². The molecule has 0 saturated carbocycles. The predicted octanol–water partition coefficient (Wildman–Crippen LogP) is 2.61. The van der Waals surface area contributed by atoms with E-state index < -0.39 is 0 Å². The van der Waals surface area contributed by atoms with Crippen molar-refractivity contribution < 1.29 is 9.53 Å². The molecule has 1 aromatic carbocycles. The molecule has 0 amide bonds. The number of pyridine rings is 1. The summed E-state index contributed by atoms with van der Waals surface area (Å²) in [6, 6.07) is 7.31. The van der Waals surface area contributed by atoms with Crippen LogP contribution in [0.3, 0.4) is 0 Å². The third kappa shape index (κ3) is 3.31. The minimum absolute atomic E-state index is 0.357. The van der Waals surface area contributed by atoms with E-state index in [1.54, 1.807) is 18.5 Å². The van der Waals surface area contributed by atoms with Crippen molar-refractivity contribution in [3.05, 3.63) is 58.4 Å². The summed E-state index contributed by atoms with van der Waals surface area (Å²) in [4.78, 5) is 15.8. The molecule has 0 aliphatic rings. The van der Waals surface area contributed by atoms with Gasteiger partial charge in [-0.05, 0) is 34.6 Å². The Balaban J connectivity index is 2.38. The number of nitrogens with zero attached hydrogens (tertiary/aromatic N) is 1. The van der Waals surface area contributed by atoms with Crippen LogP contribution in [0.2, 0.25) is 5.02 Å². The Morgan fingerprint density at radius 2 is 2.16 bits per heavy atom. The molecule has 1 heterocycles. The van der Waals surface area contributed by atoms with Crippen LogP contribution in [-0.4, -0.2) is 18.1 Å². The van der Waals surface area contributed by atoms with Crippen LogP contribution in [-0.2, 0) is 11.2 Å². The second-order valence-electron chi connectivity index (χ2n) is 4.04. The Hall–Kier alpha value is -1.44. The van der Waals surface area contributed by atoms with Gasteiger partial charge in [0.25, 0.3) is 0 Å². The predicted molar refractivity (Wildman–Crippen MR) is 79.2 cm³/mol. The highest BCUT2D eigenvalue weighted by molar-refractivity contribution is 7.27. The van der Waals surface area contributed by atoms with E-state index in [1.165, 1.54) is 7.11 Å². The summed E-state index contributed by atoms with van der Waals surface area (Å²) in [7, 11) is 4.03. The van der Waals surface area contributed by atoms with Crippen molar-refractivity contribution in [2.24, 2.45) is 0 Å². The summed E-state index contributed by atoms with van der Waals surface area (Å²) in [6.07, 6.45) is 3.84. The Labute approximate surface area is 119 Å². The number of aromatic nitrogens is 1. The van der Waals surface area contributed by atoms with Gasteiger partial charge in [-0.2, -0.15) is 0 Å². The van der Waals surface area contributed by atoms with Gasteiger partial charge >= 0.3 is 5.97 Å². The van der Waals surface area contributed by atoms with Crippen LogP contribution < -0.4 is 5.30 Å². The van der Waals surface area contributed by atoms with E-state index in [-0.39, 0.29) is 5.97 Å². The smallest absolute Gasteiger partial charge is 0.338 e. The normalized spacial score (nSPS) is 10.3. The molecule has 0 radical (unpaired) electrons. The first-order valence-electron chi connectivity index (χ1n) is 5.67. The van der Waals surface area contributed by atoms with E-state index in [1.807, 2.05) is 18.2 Å². The molecule has 1 aromatic heterocycles. The van der Waals surface area contributed by atoms with Crippen LogP contribution in [0.4, 0.5) is 0 Å². The van der Waals surface area contributed by atoms with Gasteiger partial charge in [0, 0.05) is 23.8 Å². The average Bonchev–Trinajstić information content (AvgIpc) is 2.42. The number of benzene rings is 1. The first kappa shape index (κ1) is 14.0. The Kier molecular flexibility index (Phi) is 4.52. The highest BCUT2D eigenvalue weighted by Crippen LogP contribution is 2.17. The molecule has 0 saturated heterocycles. The highest BCUT2D eigenvalue weighted by atomic mass is 35.5. The van der Waals surface area contributed by atoms with Gasteiger partial charge in [0.15, 0.2) is 0 Å². The van der Waals surface area contributed by atoms with E-state index in [0.29, 0.717) is 17.0 Å². The topological polar surface area (TPSA) is 39.2 Å². The fourth-order valence-corrected chi connectivity index (χ4v) is 2.29. The molecule has 2 rings (SSSR count).